The fraction of sp³-hybridized carbons (Fsp3) is 0.435. The van der Waals surface area contributed by atoms with Crippen molar-refractivity contribution in [2.75, 3.05) is 33.1 Å². The number of aliphatic hydroxyl groups excluding tert-OH is 3. The number of primary amides is 1. The fourth-order valence-electron chi connectivity index (χ4n) is 5.67. The summed E-state index contributed by atoms with van der Waals surface area (Å²) in [5, 5.41) is 55.4. The number of rotatable bonds is 3. The van der Waals surface area contributed by atoms with Gasteiger partial charge in [-0.3, -0.25) is 19.3 Å². The number of nitrogens with two attached hydrogens (primary N) is 1. The molecule has 1 aromatic carbocycles. The summed E-state index contributed by atoms with van der Waals surface area (Å²) in [7, 11) is 6.46. The van der Waals surface area contributed by atoms with E-state index in [4.69, 9.17) is 5.73 Å². The average molecular weight is 473 g/mol. The molecule has 0 unspecified atom stereocenters. The molecule has 0 aliphatic heterocycles. The lowest BCUT2D eigenvalue weighted by atomic mass is 9.57. The van der Waals surface area contributed by atoms with Crippen molar-refractivity contribution in [3.63, 3.8) is 0 Å². The van der Waals surface area contributed by atoms with E-state index in [1.165, 1.54) is 25.1 Å². The van der Waals surface area contributed by atoms with Crippen LogP contribution in [0.1, 0.15) is 15.9 Å². The predicted octanol–water partition coefficient (Wildman–Crippen LogP) is -0.843. The van der Waals surface area contributed by atoms with Gasteiger partial charge in [-0.05, 0) is 38.2 Å². The number of benzene rings is 1. The summed E-state index contributed by atoms with van der Waals surface area (Å²) in [4.78, 5) is 41.9. The van der Waals surface area contributed by atoms with Gasteiger partial charge in [0.1, 0.15) is 22.8 Å². The van der Waals surface area contributed by atoms with Crippen LogP contribution in [0.5, 0.6) is 5.75 Å². The Morgan fingerprint density at radius 2 is 1.74 bits per heavy atom. The molecular weight excluding hydrogens is 446 g/mol. The topological polar surface area (TPSA) is 185 Å². The van der Waals surface area contributed by atoms with E-state index in [9.17, 15) is 39.9 Å². The molecule has 1 amide bonds. The number of hydrogen-bond acceptors (Lipinski definition) is 10. The number of carbonyl (C=O) groups excluding carboxylic acids is 3. The van der Waals surface area contributed by atoms with Crippen LogP contribution in [0.4, 0.5) is 5.69 Å². The van der Waals surface area contributed by atoms with E-state index in [2.05, 4.69) is 0 Å². The standard InChI is InChI=1S/C23H27N3O8/c1-25(2)10-5-6-11(27)12-8(10)7-9-13(18(12)29)20(31)23(34)15(17(9)28)16(26(3)4)19(30)14(21(23)32)22(24)33/h5-6,9,15-17,27-28,30-31,34H,7H2,1-4H3,(H2,24,33)/t9-,15-,16+,17-,23+/m1/s1. The molecule has 182 valence electrons. The number of anilines is 1. The minimum absolute atomic E-state index is 0.00236. The molecule has 34 heavy (non-hydrogen) atoms. The Hall–Kier alpha value is -3.41. The first-order valence-corrected chi connectivity index (χ1v) is 10.6. The lowest BCUT2D eigenvalue weighted by Crippen LogP contribution is -2.68. The van der Waals surface area contributed by atoms with Crippen LogP contribution in [0.15, 0.2) is 34.8 Å². The van der Waals surface area contributed by atoms with Gasteiger partial charge in [0.15, 0.2) is 11.4 Å². The monoisotopic (exact) mass is 473 g/mol. The highest BCUT2D eigenvalue weighted by atomic mass is 16.4. The highest BCUT2D eigenvalue weighted by molar-refractivity contribution is 6.25. The maximum atomic E-state index is 13.5. The zero-order valence-electron chi connectivity index (χ0n) is 19.1. The third-order valence-corrected chi connectivity index (χ3v) is 7.15. The summed E-state index contributed by atoms with van der Waals surface area (Å²) in [6.07, 6.45) is -1.60. The summed E-state index contributed by atoms with van der Waals surface area (Å²) in [6, 6.07) is 1.65. The first-order chi connectivity index (χ1) is 15.8. The van der Waals surface area contributed by atoms with Gasteiger partial charge in [-0.15, -0.1) is 0 Å². The largest absolute Gasteiger partial charge is 0.510 e. The molecule has 0 saturated heterocycles. The number of Topliss-reactive ketones (excluding diaryl/α,β-unsaturated/α-hetero) is 2. The number of phenolic OH excluding ortho intramolecular Hbond substituents is 1. The van der Waals surface area contributed by atoms with Gasteiger partial charge in [0, 0.05) is 31.3 Å². The van der Waals surface area contributed by atoms with E-state index in [-0.39, 0.29) is 17.7 Å². The van der Waals surface area contributed by atoms with Gasteiger partial charge < -0.3 is 36.2 Å². The van der Waals surface area contributed by atoms with E-state index in [1.807, 2.05) is 0 Å². The van der Waals surface area contributed by atoms with Crippen molar-refractivity contribution >= 4 is 23.2 Å². The number of amides is 1. The zero-order valence-corrected chi connectivity index (χ0v) is 19.1. The van der Waals surface area contributed by atoms with Crippen LogP contribution in [0, 0.1) is 11.8 Å². The third kappa shape index (κ3) is 2.84. The van der Waals surface area contributed by atoms with Crippen LogP contribution in [0.3, 0.4) is 0 Å². The van der Waals surface area contributed by atoms with Gasteiger partial charge in [-0.1, -0.05) is 0 Å². The molecule has 0 spiro atoms. The van der Waals surface area contributed by atoms with Gasteiger partial charge >= 0.3 is 0 Å². The van der Waals surface area contributed by atoms with Gasteiger partial charge in [0.25, 0.3) is 5.91 Å². The lowest BCUT2D eigenvalue weighted by molar-refractivity contribution is -0.161. The lowest BCUT2D eigenvalue weighted by Gasteiger charge is -2.52. The molecule has 0 bridgehead atoms. The van der Waals surface area contributed by atoms with Crippen molar-refractivity contribution < 1.29 is 39.9 Å². The number of likely N-dealkylation sites (N-methyl/N-ethyl adjacent to an activating group) is 1. The van der Waals surface area contributed by atoms with E-state index in [1.54, 1.807) is 25.1 Å². The van der Waals surface area contributed by atoms with Gasteiger partial charge in [0.05, 0.1) is 23.6 Å². The summed E-state index contributed by atoms with van der Waals surface area (Å²) < 4.78 is 0. The van der Waals surface area contributed by atoms with Crippen molar-refractivity contribution in [1.82, 2.24) is 4.90 Å². The van der Waals surface area contributed by atoms with E-state index in [0.29, 0.717) is 11.3 Å². The Morgan fingerprint density at radius 1 is 1.12 bits per heavy atom. The van der Waals surface area contributed by atoms with Crippen LogP contribution in [0.25, 0.3) is 0 Å². The van der Waals surface area contributed by atoms with Gasteiger partial charge in [-0.25, -0.2) is 0 Å². The fourth-order valence-corrected chi connectivity index (χ4v) is 5.67. The number of aromatic hydroxyl groups is 1. The Balaban J connectivity index is 2.03. The van der Waals surface area contributed by atoms with Crippen LogP contribution in [0.2, 0.25) is 0 Å². The number of ketones is 2. The van der Waals surface area contributed by atoms with E-state index >= 15 is 0 Å². The molecule has 11 nitrogen and oxygen atoms in total. The number of phenols is 1. The van der Waals surface area contributed by atoms with Crippen molar-refractivity contribution in [3.8, 4) is 5.75 Å². The second-order valence-corrected chi connectivity index (χ2v) is 9.40. The Kier molecular flexibility index (Phi) is 5.27. The molecule has 5 atom stereocenters. The summed E-state index contributed by atoms with van der Waals surface area (Å²) in [5.74, 6) is -8.31. The first kappa shape index (κ1) is 23.7. The molecular formula is C23H27N3O8. The van der Waals surface area contributed by atoms with Crippen LogP contribution in [-0.4, -0.2) is 93.8 Å². The highest BCUT2D eigenvalue weighted by Crippen LogP contribution is 2.53. The molecule has 0 aromatic heterocycles. The van der Waals surface area contributed by atoms with Crippen LogP contribution >= 0.6 is 0 Å². The molecule has 0 saturated carbocycles. The Labute approximate surface area is 195 Å². The van der Waals surface area contributed by atoms with E-state index in [0.717, 1.165) is 0 Å². The quantitative estimate of drug-likeness (QED) is 0.302. The number of hydrogen-bond donors (Lipinski definition) is 6. The Bertz CT molecular complexity index is 1200. The molecule has 0 heterocycles. The number of fused-ring (bicyclic) bond motifs is 3. The highest BCUT2D eigenvalue weighted by Gasteiger charge is 2.66. The second-order valence-electron chi connectivity index (χ2n) is 9.40. The molecule has 1 aromatic rings. The Morgan fingerprint density at radius 3 is 2.26 bits per heavy atom. The van der Waals surface area contributed by atoms with Crippen molar-refractivity contribution in [2.24, 2.45) is 17.6 Å². The average Bonchev–Trinajstić information content (AvgIpc) is 2.73. The van der Waals surface area contributed by atoms with Crippen molar-refractivity contribution in [1.29, 1.82) is 0 Å². The molecule has 3 aliphatic carbocycles. The van der Waals surface area contributed by atoms with Crippen molar-refractivity contribution in [2.45, 2.75) is 24.2 Å². The van der Waals surface area contributed by atoms with Gasteiger partial charge in [-0.2, -0.15) is 0 Å². The van der Waals surface area contributed by atoms with Crippen LogP contribution in [-0.2, 0) is 16.0 Å². The van der Waals surface area contributed by atoms with Crippen molar-refractivity contribution in [3.05, 3.63) is 45.9 Å². The zero-order chi connectivity index (χ0) is 25.4. The third-order valence-electron chi connectivity index (χ3n) is 7.15. The summed E-state index contributed by atoms with van der Waals surface area (Å²) >= 11 is 0. The van der Waals surface area contributed by atoms with E-state index < -0.39 is 69.7 Å². The summed E-state index contributed by atoms with van der Waals surface area (Å²) in [6.45, 7) is 0. The summed E-state index contributed by atoms with van der Waals surface area (Å²) in [5.41, 5.74) is 1.96. The maximum Gasteiger partial charge on any atom is 0.255 e. The molecule has 0 radical (unpaired) electrons. The SMILES string of the molecule is CN(C)c1ccc(O)c2c1C[C@@H]1C(=C(O)[C@]3(O)C(=O)C(C(N)=O)=C(O)[C@@H](N(C)C)[C@@H]3[C@@H]1O)C2=O. The number of carbonyl (C=O) groups is 3. The molecule has 0 fully saturated rings. The molecule has 7 N–H and O–H groups in total. The molecule has 11 heteroatoms. The normalized spacial score (nSPS) is 30.8. The first-order valence-electron chi connectivity index (χ1n) is 10.6. The predicted molar refractivity (Wildman–Crippen MR) is 119 cm³/mol. The van der Waals surface area contributed by atoms with Gasteiger partial charge in [0.2, 0.25) is 5.78 Å². The second kappa shape index (κ2) is 7.55. The maximum absolute atomic E-state index is 13.5. The smallest absolute Gasteiger partial charge is 0.255 e. The molecule has 4 rings (SSSR count). The number of aliphatic hydroxyl groups is 4. The van der Waals surface area contributed by atoms with Crippen LogP contribution < -0.4 is 10.6 Å². The minimum Gasteiger partial charge on any atom is -0.510 e. The number of nitrogens with zero attached hydrogens (tertiary/aromatic N) is 2. The minimum atomic E-state index is -2.90. The molecule has 3 aliphatic rings.